The van der Waals surface area contributed by atoms with Gasteiger partial charge in [0.1, 0.15) is 17.5 Å². The zero-order chi connectivity index (χ0) is 20.1. The minimum absolute atomic E-state index is 0. The second-order valence-electron chi connectivity index (χ2n) is 6.91. The standard InChI is InChI=1S/C17H17ClN2O6S.2Na.2H/c1-17(2)11(16(25)26)20-13(22)10(14(20)27-17)19-12(21)9(15(23)24)7-3-5-8(18)6-4-7;;;;/h3-6,9-11,14H,1-2H3,(H,19,21)(H,23,24)(H,25,26);;;;/t9?,10?,11?,14-;;;;/m1..../s1. The molecule has 0 saturated carbocycles. The molecule has 2 heterocycles. The number of amides is 2. The molecular weight excluding hydrogens is 442 g/mol. The van der Waals surface area contributed by atoms with Crippen molar-refractivity contribution in [1.82, 2.24) is 10.2 Å². The molecule has 1 aromatic carbocycles. The third-order valence-electron chi connectivity index (χ3n) is 4.69. The maximum atomic E-state index is 12.6. The van der Waals surface area contributed by atoms with Crippen molar-refractivity contribution in [3.05, 3.63) is 34.9 Å². The van der Waals surface area contributed by atoms with Gasteiger partial charge in [0.2, 0.25) is 11.8 Å². The van der Waals surface area contributed by atoms with Crippen molar-refractivity contribution in [3.63, 3.8) is 0 Å². The van der Waals surface area contributed by atoms with Crippen LogP contribution in [0.2, 0.25) is 5.02 Å². The molecule has 0 spiro atoms. The van der Waals surface area contributed by atoms with Crippen molar-refractivity contribution in [1.29, 1.82) is 0 Å². The minimum atomic E-state index is -1.50. The Kier molecular flexibility index (Phi) is 9.15. The molecule has 2 fully saturated rings. The van der Waals surface area contributed by atoms with Gasteiger partial charge in [-0.2, -0.15) is 0 Å². The summed E-state index contributed by atoms with van der Waals surface area (Å²) in [7, 11) is 0. The number of carbonyl (C=O) groups excluding carboxylic acids is 2. The fourth-order valence-corrected chi connectivity index (χ4v) is 5.19. The first-order chi connectivity index (χ1) is 12.5. The van der Waals surface area contributed by atoms with Gasteiger partial charge in [0.25, 0.3) is 0 Å². The van der Waals surface area contributed by atoms with E-state index in [9.17, 15) is 29.4 Å². The molecular formula is C17H19ClN2Na2O6S. The number of halogens is 1. The molecule has 2 aliphatic heterocycles. The zero-order valence-corrected chi connectivity index (χ0v) is 16.0. The van der Waals surface area contributed by atoms with Crippen LogP contribution in [0.4, 0.5) is 0 Å². The normalized spacial score (nSPS) is 24.9. The number of nitrogens with one attached hydrogen (secondary N) is 1. The molecule has 12 heteroatoms. The predicted molar refractivity (Wildman–Crippen MR) is 112 cm³/mol. The molecule has 2 amide bonds. The fraction of sp³-hybridized carbons (Fsp3) is 0.412. The molecule has 2 aliphatic rings. The summed E-state index contributed by atoms with van der Waals surface area (Å²) in [5.41, 5.74) is 0.232. The van der Waals surface area contributed by atoms with Crippen LogP contribution >= 0.6 is 23.4 Å². The van der Waals surface area contributed by atoms with Gasteiger partial charge in [0.05, 0.1) is 0 Å². The summed E-state index contributed by atoms with van der Waals surface area (Å²) in [6.45, 7) is 3.43. The van der Waals surface area contributed by atoms with Gasteiger partial charge in [-0.25, -0.2) is 4.79 Å². The number of hydrogen-bond acceptors (Lipinski definition) is 5. The van der Waals surface area contributed by atoms with Crippen LogP contribution in [-0.4, -0.2) is 120 Å². The van der Waals surface area contributed by atoms with Gasteiger partial charge in [-0.05, 0) is 31.5 Å². The number of hydrogen-bond donors (Lipinski definition) is 3. The molecule has 148 valence electrons. The monoisotopic (exact) mass is 460 g/mol. The van der Waals surface area contributed by atoms with Gasteiger partial charge in [-0.3, -0.25) is 14.4 Å². The molecule has 0 aromatic heterocycles. The van der Waals surface area contributed by atoms with Crippen molar-refractivity contribution in [2.75, 3.05) is 0 Å². The van der Waals surface area contributed by atoms with Crippen LogP contribution in [0.3, 0.4) is 0 Å². The first-order valence-corrected chi connectivity index (χ1v) is 9.32. The van der Waals surface area contributed by atoms with E-state index in [-0.39, 0.29) is 64.7 Å². The van der Waals surface area contributed by atoms with Crippen LogP contribution in [0.5, 0.6) is 0 Å². The molecule has 3 rings (SSSR count). The van der Waals surface area contributed by atoms with Crippen LogP contribution in [0.25, 0.3) is 0 Å². The van der Waals surface area contributed by atoms with Crippen molar-refractivity contribution >= 4 is 106 Å². The second kappa shape index (κ2) is 9.91. The van der Waals surface area contributed by atoms with E-state index in [1.807, 2.05) is 0 Å². The first-order valence-electron chi connectivity index (χ1n) is 8.06. The maximum absolute atomic E-state index is 12.6. The van der Waals surface area contributed by atoms with E-state index >= 15 is 0 Å². The fourth-order valence-electron chi connectivity index (χ4n) is 3.44. The van der Waals surface area contributed by atoms with E-state index in [2.05, 4.69) is 5.32 Å². The molecule has 3 unspecified atom stereocenters. The topological polar surface area (TPSA) is 124 Å². The van der Waals surface area contributed by atoms with Crippen LogP contribution in [0.15, 0.2) is 24.3 Å². The number of β-lactam (4-membered cyclic amide) rings is 1. The first kappa shape index (κ1) is 26.8. The van der Waals surface area contributed by atoms with E-state index in [0.29, 0.717) is 5.02 Å². The molecule has 0 bridgehead atoms. The number of carboxylic acid groups (broad SMARTS) is 2. The van der Waals surface area contributed by atoms with Crippen molar-refractivity contribution in [3.8, 4) is 0 Å². The summed E-state index contributed by atoms with van der Waals surface area (Å²) in [6.07, 6.45) is 0. The molecule has 2 saturated heterocycles. The van der Waals surface area contributed by atoms with E-state index < -0.39 is 51.9 Å². The molecule has 0 radical (unpaired) electrons. The molecule has 4 atom stereocenters. The number of thioether (sulfide) groups is 1. The average Bonchev–Trinajstić information content (AvgIpc) is 2.82. The number of aliphatic carboxylic acids is 2. The summed E-state index contributed by atoms with van der Waals surface area (Å²) in [4.78, 5) is 49.3. The quantitative estimate of drug-likeness (QED) is 0.317. The van der Waals surface area contributed by atoms with Crippen molar-refractivity contribution in [2.24, 2.45) is 0 Å². The van der Waals surface area contributed by atoms with Crippen LogP contribution in [0, 0.1) is 0 Å². The Bertz CT molecular complexity index is 838. The molecule has 29 heavy (non-hydrogen) atoms. The molecule has 3 N–H and O–H groups in total. The number of carboxylic acids is 2. The molecule has 0 aliphatic carbocycles. The Labute approximate surface area is 220 Å². The number of benzene rings is 1. The number of rotatable bonds is 5. The second-order valence-corrected chi connectivity index (χ2v) is 9.11. The number of fused-ring (bicyclic) bond motifs is 1. The number of carbonyl (C=O) groups is 4. The van der Waals surface area contributed by atoms with Gasteiger partial charge in [-0.1, -0.05) is 23.7 Å². The van der Waals surface area contributed by atoms with Crippen molar-refractivity contribution in [2.45, 2.75) is 42.0 Å². The predicted octanol–water partition coefficient (Wildman–Crippen LogP) is -0.157. The molecule has 8 nitrogen and oxygen atoms in total. The van der Waals surface area contributed by atoms with Crippen LogP contribution < -0.4 is 5.32 Å². The molecule has 1 aromatic rings. The van der Waals surface area contributed by atoms with Crippen molar-refractivity contribution < 1.29 is 29.4 Å². The third kappa shape index (κ3) is 4.98. The van der Waals surface area contributed by atoms with E-state index in [1.165, 1.54) is 40.9 Å². The Morgan fingerprint density at radius 1 is 1.17 bits per heavy atom. The Hall–Kier alpha value is -0.260. The Morgan fingerprint density at radius 3 is 2.21 bits per heavy atom. The summed E-state index contributed by atoms with van der Waals surface area (Å²) in [5.74, 6) is -5.34. The van der Waals surface area contributed by atoms with E-state index in [4.69, 9.17) is 11.6 Å². The summed E-state index contributed by atoms with van der Waals surface area (Å²) in [5, 5.41) is 21.2. The Morgan fingerprint density at radius 2 is 1.72 bits per heavy atom. The van der Waals surface area contributed by atoms with Gasteiger partial charge >= 0.3 is 71.1 Å². The third-order valence-corrected chi connectivity index (χ3v) is 6.51. The van der Waals surface area contributed by atoms with E-state index in [1.54, 1.807) is 13.8 Å². The SMILES string of the molecule is CC1(C)S[C@@H]2C(NC(=O)C(C(=O)O)c3ccc(Cl)cc3)C(=O)N2C1C(=O)O.[NaH].[NaH]. The van der Waals surface area contributed by atoms with Gasteiger partial charge in [0.15, 0.2) is 5.92 Å². The zero-order valence-electron chi connectivity index (χ0n) is 14.4. The number of nitrogens with zero attached hydrogens (tertiary/aromatic N) is 1. The van der Waals surface area contributed by atoms with E-state index in [0.717, 1.165) is 0 Å². The van der Waals surface area contributed by atoms with Gasteiger partial charge in [-0.15, -0.1) is 11.8 Å². The van der Waals surface area contributed by atoms with Gasteiger partial charge in [0, 0.05) is 9.77 Å². The summed E-state index contributed by atoms with van der Waals surface area (Å²) >= 11 is 7.06. The summed E-state index contributed by atoms with van der Waals surface area (Å²) < 4.78 is -0.728. The van der Waals surface area contributed by atoms with Crippen LogP contribution in [-0.2, 0) is 19.2 Å². The summed E-state index contributed by atoms with van der Waals surface area (Å²) in [6, 6.07) is 3.86. The van der Waals surface area contributed by atoms with Crippen LogP contribution in [0.1, 0.15) is 25.3 Å². The van der Waals surface area contributed by atoms with Gasteiger partial charge < -0.3 is 20.4 Å². The Balaban J connectivity index is 0.00000210. The average molecular weight is 461 g/mol.